The lowest BCUT2D eigenvalue weighted by atomic mass is 10.2. The van der Waals surface area contributed by atoms with Crippen LogP contribution >= 0.6 is 0 Å². The van der Waals surface area contributed by atoms with Crippen molar-refractivity contribution >= 4 is 15.8 Å². The van der Waals surface area contributed by atoms with Crippen molar-refractivity contribution in [3.05, 3.63) is 17.5 Å². The molecule has 19 heavy (non-hydrogen) atoms. The molecule has 0 unspecified atom stereocenters. The van der Waals surface area contributed by atoms with E-state index in [0.717, 1.165) is 5.69 Å². The molecule has 1 N–H and O–H groups in total. The van der Waals surface area contributed by atoms with Crippen molar-refractivity contribution in [1.29, 1.82) is 0 Å². The van der Waals surface area contributed by atoms with Gasteiger partial charge in [0.1, 0.15) is 0 Å². The Kier molecular flexibility index (Phi) is 4.39. The van der Waals surface area contributed by atoms with Gasteiger partial charge in [0.25, 0.3) is 0 Å². The van der Waals surface area contributed by atoms with Crippen LogP contribution in [0.4, 0.5) is 0 Å². The number of aromatic nitrogens is 2. The van der Waals surface area contributed by atoms with Gasteiger partial charge < -0.3 is 5.11 Å². The number of hydrogen-bond acceptors (Lipinski definition) is 4. The van der Waals surface area contributed by atoms with Crippen LogP contribution in [-0.4, -0.2) is 34.0 Å². The maximum atomic E-state index is 12.2. The Labute approximate surface area is 113 Å². The van der Waals surface area contributed by atoms with Gasteiger partial charge >= 0.3 is 5.97 Å². The van der Waals surface area contributed by atoms with Gasteiger partial charge in [0, 0.05) is 6.54 Å². The summed E-state index contributed by atoms with van der Waals surface area (Å²) >= 11 is 0. The molecule has 7 heteroatoms. The standard InChI is InChI=1S/C12H20N2O4S/c1-5-9-7-10(14(6-2)13-9)8-19(17,18)12(3,4)11(15)16/h7H,5-6,8H2,1-4H3,(H,15,16). The molecule has 1 aromatic rings. The van der Waals surface area contributed by atoms with Crippen molar-refractivity contribution in [2.75, 3.05) is 0 Å². The van der Waals surface area contributed by atoms with Crippen LogP contribution in [0.3, 0.4) is 0 Å². The molecular formula is C12H20N2O4S. The highest BCUT2D eigenvalue weighted by Crippen LogP contribution is 2.22. The molecule has 108 valence electrons. The molecule has 1 aromatic heterocycles. The Morgan fingerprint density at radius 2 is 2.00 bits per heavy atom. The minimum atomic E-state index is -3.80. The van der Waals surface area contributed by atoms with Gasteiger partial charge in [-0.05, 0) is 33.3 Å². The predicted octanol–water partition coefficient (Wildman–Crippen LogP) is 1.24. The Balaban J connectivity index is 3.15. The predicted molar refractivity (Wildman–Crippen MR) is 71.6 cm³/mol. The fraction of sp³-hybridized carbons (Fsp3) is 0.667. The molecule has 0 aliphatic carbocycles. The van der Waals surface area contributed by atoms with Crippen LogP contribution in [0.25, 0.3) is 0 Å². The molecule has 0 spiro atoms. The van der Waals surface area contributed by atoms with E-state index in [-0.39, 0.29) is 5.75 Å². The maximum absolute atomic E-state index is 12.2. The molecule has 0 radical (unpaired) electrons. The van der Waals surface area contributed by atoms with Crippen LogP contribution in [0, 0.1) is 0 Å². The number of aliphatic carboxylic acids is 1. The Hall–Kier alpha value is -1.37. The first-order chi connectivity index (χ1) is 8.65. The van der Waals surface area contributed by atoms with E-state index in [1.807, 2.05) is 13.8 Å². The molecule has 0 saturated carbocycles. The van der Waals surface area contributed by atoms with Crippen molar-refractivity contribution in [3.63, 3.8) is 0 Å². The van der Waals surface area contributed by atoms with E-state index < -0.39 is 20.6 Å². The summed E-state index contributed by atoms with van der Waals surface area (Å²) in [4.78, 5) is 11.1. The molecule has 0 saturated heterocycles. The van der Waals surface area contributed by atoms with Gasteiger partial charge in [0.15, 0.2) is 14.6 Å². The fourth-order valence-electron chi connectivity index (χ4n) is 1.59. The summed E-state index contributed by atoms with van der Waals surface area (Å²) in [6, 6.07) is 1.72. The topological polar surface area (TPSA) is 89.3 Å². The van der Waals surface area contributed by atoms with Crippen LogP contribution < -0.4 is 0 Å². The van der Waals surface area contributed by atoms with Crippen LogP contribution in [0.1, 0.15) is 39.1 Å². The second-order valence-electron chi connectivity index (χ2n) is 4.87. The van der Waals surface area contributed by atoms with Gasteiger partial charge in [0.2, 0.25) is 0 Å². The van der Waals surface area contributed by atoms with E-state index in [0.29, 0.717) is 18.7 Å². The summed E-state index contributed by atoms with van der Waals surface area (Å²) in [5, 5.41) is 13.3. The molecule has 0 fully saturated rings. The molecule has 0 atom stereocenters. The lowest BCUT2D eigenvalue weighted by Gasteiger charge is -2.19. The summed E-state index contributed by atoms with van der Waals surface area (Å²) in [5.41, 5.74) is 1.34. The zero-order valence-electron chi connectivity index (χ0n) is 11.7. The van der Waals surface area contributed by atoms with Gasteiger partial charge in [-0.2, -0.15) is 5.10 Å². The first-order valence-corrected chi connectivity index (χ1v) is 7.82. The van der Waals surface area contributed by atoms with Gasteiger partial charge in [0.05, 0.1) is 17.1 Å². The van der Waals surface area contributed by atoms with Crippen molar-refractivity contribution in [2.45, 2.75) is 51.2 Å². The Bertz CT molecular complexity index is 573. The number of carbonyl (C=O) groups is 1. The van der Waals surface area contributed by atoms with Gasteiger partial charge in [-0.1, -0.05) is 6.92 Å². The van der Waals surface area contributed by atoms with Crippen molar-refractivity contribution in [1.82, 2.24) is 9.78 Å². The molecule has 0 bridgehead atoms. The highest BCUT2D eigenvalue weighted by molar-refractivity contribution is 7.92. The number of carboxylic acid groups (broad SMARTS) is 1. The molecule has 1 heterocycles. The third-order valence-electron chi connectivity index (χ3n) is 3.21. The zero-order valence-corrected chi connectivity index (χ0v) is 12.5. The summed E-state index contributed by atoms with van der Waals surface area (Å²) in [6.07, 6.45) is 0.711. The quantitative estimate of drug-likeness (QED) is 0.850. The van der Waals surface area contributed by atoms with Crippen molar-refractivity contribution < 1.29 is 18.3 Å². The summed E-state index contributed by atoms with van der Waals surface area (Å²) < 4.78 is 24.2. The third kappa shape index (κ3) is 2.97. The number of hydrogen-bond donors (Lipinski definition) is 1. The van der Waals surface area contributed by atoms with E-state index >= 15 is 0 Å². The average Bonchev–Trinajstić information content (AvgIpc) is 2.70. The SMILES string of the molecule is CCc1cc(CS(=O)(=O)C(C)(C)C(=O)O)n(CC)n1. The summed E-state index contributed by atoms with van der Waals surface area (Å²) in [6.45, 7) is 6.77. The van der Waals surface area contributed by atoms with E-state index in [1.165, 1.54) is 13.8 Å². The van der Waals surface area contributed by atoms with Crippen LogP contribution in [0.2, 0.25) is 0 Å². The third-order valence-corrected chi connectivity index (χ3v) is 5.61. The molecular weight excluding hydrogens is 268 g/mol. The van der Waals surface area contributed by atoms with E-state index in [4.69, 9.17) is 5.11 Å². The Morgan fingerprint density at radius 3 is 2.42 bits per heavy atom. The molecule has 0 aromatic carbocycles. The van der Waals surface area contributed by atoms with Crippen LogP contribution in [0.5, 0.6) is 0 Å². The summed E-state index contributed by atoms with van der Waals surface area (Å²) in [7, 11) is -3.80. The van der Waals surface area contributed by atoms with E-state index in [2.05, 4.69) is 5.10 Å². The smallest absolute Gasteiger partial charge is 0.324 e. The average molecular weight is 288 g/mol. The maximum Gasteiger partial charge on any atom is 0.324 e. The van der Waals surface area contributed by atoms with Crippen molar-refractivity contribution in [3.8, 4) is 0 Å². The largest absolute Gasteiger partial charge is 0.480 e. The number of sulfone groups is 1. The second kappa shape index (κ2) is 5.32. The molecule has 6 nitrogen and oxygen atoms in total. The minimum Gasteiger partial charge on any atom is -0.480 e. The first kappa shape index (κ1) is 15.7. The van der Waals surface area contributed by atoms with Crippen molar-refractivity contribution in [2.24, 2.45) is 0 Å². The van der Waals surface area contributed by atoms with E-state index in [9.17, 15) is 13.2 Å². The molecule has 1 rings (SSSR count). The Morgan fingerprint density at radius 1 is 1.42 bits per heavy atom. The molecule has 0 aliphatic rings. The number of carboxylic acids is 1. The molecule has 0 amide bonds. The normalized spacial score (nSPS) is 12.6. The molecule has 0 aliphatic heterocycles. The van der Waals surface area contributed by atoms with Gasteiger partial charge in [-0.3, -0.25) is 9.48 Å². The van der Waals surface area contributed by atoms with Crippen LogP contribution in [-0.2, 0) is 33.4 Å². The van der Waals surface area contributed by atoms with Gasteiger partial charge in [-0.25, -0.2) is 8.42 Å². The number of nitrogens with zero attached hydrogens (tertiary/aromatic N) is 2. The fourth-order valence-corrected chi connectivity index (χ4v) is 2.83. The summed E-state index contributed by atoms with van der Waals surface area (Å²) in [5.74, 6) is -1.65. The first-order valence-electron chi connectivity index (χ1n) is 6.17. The van der Waals surface area contributed by atoms with E-state index in [1.54, 1.807) is 10.7 Å². The monoisotopic (exact) mass is 288 g/mol. The minimum absolute atomic E-state index is 0.312. The number of aryl methyl sites for hydroxylation is 2. The lowest BCUT2D eigenvalue weighted by Crippen LogP contribution is -2.41. The van der Waals surface area contributed by atoms with Gasteiger partial charge in [-0.15, -0.1) is 0 Å². The second-order valence-corrected chi connectivity index (χ2v) is 7.41. The zero-order chi connectivity index (χ0) is 14.8. The highest BCUT2D eigenvalue weighted by atomic mass is 32.2. The number of rotatable bonds is 6. The highest BCUT2D eigenvalue weighted by Gasteiger charge is 2.42. The van der Waals surface area contributed by atoms with Crippen LogP contribution in [0.15, 0.2) is 6.07 Å². The lowest BCUT2D eigenvalue weighted by molar-refractivity contribution is -0.139.